The lowest BCUT2D eigenvalue weighted by Crippen LogP contribution is -2.08. The maximum absolute atomic E-state index is 9.29. The third-order valence-corrected chi connectivity index (χ3v) is 2.15. The normalized spacial score (nSPS) is 29.3. The van der Waals surface area contributed by atoms with Crippen molar-refractivity contribution in [1.82, 2.24) is 0 Å². The highest BCUT2D eigenvalue weighted by Crippen LogP contribution is 2.19. The van der Waals surface area contributed by atoms with Gasteiger partial charge in [-0.3, -0.25) is 0 Å². The molecule has 0 spiro atoms. The second-order valence-electron chi connectivity index (χ2n) is 3.19. The lowest BCUT2D eigenvalue weighted by atomic mass is 9.96. The molecule has 1 rings (SSSR count). The van der Waals surface area contributed by atoms with E-state index in [1.54, 1.807) is 0 Å². The molecule has 1 N–H and O–H groups in total. The molecule has 1 fully saturated rings. The first-order valence-corrected chi connectivity index (χ1v) is 4.14. The van der Waals surface area contributed by atoms with Gasteiger partial charge in [0.15, 0.2) is 0 Å². The predicted molar refractivity (Wildman–Crippen MR) is 42.8 cm³/mol. The Labute approximate surface area is 62.8 Å². The zero-order chi connectivity index (χ0) is 7.40. The van der Waals surface area contributed by atoms with Gasteiger partial charge in [0.05, 0.1) is 6.10 Å². The number of aliphatic hydroxyl groups is 1. The predicted octanol–water partition coefficient (Wildman–Crippen LogP) is 2.26. The Kier molecular flexibility index (Phi) is 2.94. The van der Waals surface area contributed by atoms with Crippen LogP contribution < -0.4 is 0 Å². The summed E-state index contributed by atoms with van der Waals surface area (Å²) in [5.41, 5.74) is 1.32. The van der Waals surface area contributed by atoms with Crippen molar-refractivity contribution in [3.63, 3.8) is 0 Å². The van der Waals surface area contributed by atoms with Gasteiger partial charge < -0.3 is 5.11 Å². The van der Waals surface area contributed by atoms with E-state index in [4.69, 9.17) is 0 Å². The standard InChI is InChI=1S/C9H16O/c1-8-4-2-3-5-9(10)7-6-8/h9-10H,1-7H2. The third-order valence-electron chi connectivity index (χ3n) is 2.15. The van der Waals surface area contributed by atoms with Crippen molar-refractivity contribution in [2.45, 2.75) is 44.6 Å². The summed E-state index contributed by atoms with van der Waals surface area (Å²) in [4.78, 5) is 0. The average Bonchev–Trinajstić information content (AvgIpc) is 1.90. The molecule has 1 saturated carbocycles. The summed E-state index contributed by atoms with van der Waals surface area (Å²) >= 11 is 0. The second kappa shape index (κ2) is 3.77. The van der Waals surface area contributed by atoms with Crippen molar-refractivity contribution < 1.29 is 5.11 Å². The summed E-state index contributed by atoms with van der Waals surface area (Å²) < 4.78 is 0. The molecule has 1 unspecified atom stereocenters. The molecule has 1 nitrogen and oxygen atoms in total. The van der Waals surface area contributed by atoms with Crippen LogP contribution in [0.5, 0.6) is 0 Å². The zero-order valence-electron chi connectivity index (χ0n) is 6.47. The molecule has 1 aliphatic carbocycles. The average molecular weight is 140 g/mol. The minimum absolute atomic E-state index is 0.0583. The van der Waals surface area contributed by atoms with Gasteiger partial charge in [0.1, 0.15) is 0 Å². The van der Waals surface area contributed by atoms with Gasteiger partial charge in [-0.05, 0) is 32.1 Å². The van der Waals surface area contributed by atoms with Crippen LogP contribution in [0.15, 0.2) is 12.2 Å². The van der Waals surface area contributed by atoms with Gasteiger partial charge in [-0.2, -0.15) is 0 Å². The highest BCUT2D eigenvalue weighted by Gasteiger charge is 2.08. The van der Waals surface area contributed by atoms with Crippen LogP contribution in [0.2, 0.25) is 0 Å². The minimum atomic E-state index is -0.0583. The SMILES string of the molecule is C=C1CCCCC(O)CC1. The highest BCUT2D eigenvalue weighted by molar-refractivity contribution is 4.95. The van der Waals surface area contributed by atoms with Gasteiger partial charge in [0.25, 0.3) is 0 Å². The van der Waals surface area contributed by atoms with E-state index in [1.165, 1.54) is 24.8 Å². The van der Waals surface area contributed by atoms with E-state index in [9.17, 15) is 5.11 Å². The first kappa shape index (κ1) is 7.80. The summed E-state index contributed by atoms with van der Waals surface area (Å²) in [6, 6.07) is 0. The van der Waals surface area contributed by atoms with E-state index >= 15 is 0 Å². The van der Waals surface area contributed by atoms with Gasteiger partial charge in [-0.1, -0.05) is 18.6 Å². The van der Waals surface area contributed by atoms with Crippen LogP contribution in [0.3, 0.4) is 0 Å². The molecular formula is C9H16O. The van der Waals surface area contributed by atoms with E-state index in [-0.39, 0.29) is 6.10 Å². The number of hydrogen-bond acceptors (Lipinski definition) is 1. The van der Waals surface area contributed by atoms with E-state index in [0.29, 0.717) is 0 Å². The molecule has 0 aromatic carbocycles. The number of rotatable bonds is 0. The summed E-state index contributed by atoms with van der Waals surface area (Å²) in [6.07, 6.45) is 6.45. The first-order chi connectivity index (χ1) is 4.79. The van der Waals surface area contributed by atoms with Crippen LogP contribution in [0.4, 0.5) is 0 Å². The molecule has 1 heteroatoms. The molecule has 0 bridgehead atoms. The largest absolute Gasteiger partial charge is 0.393 e. The molecule has 1 atom stereocenters. The van der Waals surface area contributed by atoms with Crippen molar-refractivity contribution >= 4 is 0 Å². The van der Waals surface area contributed by atoms with Gasteiger partial charge >= 0.3 is 0 Å². The maximum atomic E-state index is 9.29. The minimum Gasteiger partial charge on any atom is -0.393 e. The van der Waals surface area contributed by atoms with Crippen molar-refractivity contribution in [3.8, 4) is 0 Å². The Hall–Kier alpha value is -0.300. The molecule has 58 valence electrons. The number of hydrogen-bond donors (Lipinski definition) is 1. The molecule has 0 saturated heterocycles. The van der Waals surface area contributed by atoms with Crippen LogP contribution in [0.1, 0.15) is 38.5 Å². The van der Waals surface area contributed by atoms with Gasteiger partial charge in [0, 0.05) is 0 Å². The zero-order valence-corrected chi connectivity index (χ0v) is 6.47. The molecule has 1 aliphatic rings. The highest BCUT2D eigenvalue weighted by atomic mass is 16.3. The molecule has 0 amide bonds. The van der Waals surface area contributed by atoms with Gasteiger partial charge in [0.2, 0.25) is 0 Å². The van der Waals surface area contributed by atoms with E-state index in [0.717, 1.165) is 19.3 Å². The maximum Gasteiger partial charge on any atom is 0.0543 e. The lowest BCUT2D eigenvalue weighted by Gasteiger charge is -2.15. The van der Waals surface area contributed by atoms with E-state index < -0.39 is 0 Å². The lowest BCUT2D eigenvalue weighted by molar-refractivity contribution is 0.148. The van der Waals surface area contributed by atoms with Crippen LogP contribution in [-0.2, 0) is 0 Å². The van der Waals surface area contributed by atoms with E-state index in [2.05, 4.69) is 6.58 Å². The topological polar surface area (TPSA) is 20.2 Å². The Balaban J connectivity index is 2.29. The second-order valence-corrected chi connectivity index (χ2v) is 3.19. The van der Waals surface area contributed by atoms with Crippen LogP contribution in [0, 0.1) is 0 Å². The van der Waals surface area contributed by atoms with E-state index in [1.807, 2.05) is 0 Å². The molecule has 0 heterocycles. The first-order valence-electron chi connectivity index (χ1n) is 4.14. The molecule has 0 radical (unpaired) electrons. The Morgan fingerprint density at radius 3 is 2.80 bits per heavy atom. The molecule has 0 aromatic heterocycles. The van der Waals surface area contributed by atoms with Crippen LogP contribution >= 0.6 is 0 Å². The Morgan fingerprint density at radius 1 is 1.20 bits per heavy atom. The molecule has 0 aliphatic heterocycles. The van der Waals surface area contributed by atoms with Gasteiger partial charge in [-0.15, -0.1) is 0 Å². The summed E-state index contributed by atoms with van der Waals surface area (Å²) in [5, 5.41) is 9.29. The van der Waals surface area contributed by atoms with Crippen molar-refractivity contribution in [1.29, 1.82) is 0 Å². The van der Waals surface area contributed by atoms with Gasteiger partial charge in [-0.25, -0.2) is 0 Å². The summed E-state index contributed by atoms with van der Waals surface area (Å²) in [6.45, 7) is 3.94. The fraction of sp³-hybridized carbons (Fsp3) is 0.778. The molecule has 10 heavy (non-hydrogen) atoms. The van der Waals surface area contributed by atoms with Crippen LogP contribution in [-0.4, -0.2) is 11.2 Å². The Bertz CT molecular complexity index is 118. The summed E-state index contributed by atoms with van der Waals surface area (Å²) in [5.74, 6) is 0. The molecular weight excluding hydrogens is 124 g/mol. The fourth-order valence-corrected chi connectivity index (χ4v) is 1.40. The fourth-order valence-electron chi connectivity index (χ4n) is 1.40. The van der Waals surface area contributed by atoms with Crippen LogP contribution in [0.25, 0.3) is 0 Å². The third kappa shape index (κ3) is 2.53. The van der Waals surface area contributed by atoms with Crippen molar-refractivity contribution in [3.05, 3.63) is 12.2 Å². The van der Waals surface area contributed by atoms with Crippen molar-refractivity contribution in [2.24, 2.45) is 0 Å². The smallest absolute Gasteiger partial charge is 0.0543 e. The monoisotopic (exact) mass is 140 g/mol. The molecule has 0 aromatic rings. The summed E-state index contributed by atoms with van der Waals surface area (Å²) in [7, 11) is 0. The van der Waals surface area contributed by atoms with Crippen molar-refractivity contribution in [2.75, 3.05) is 0 Å². The quantitative estimate of drug-likeness (QED) is 0.512. The number of aliphatic hydroxyl groups excluding tert-OH is 1. The number of allylic oxidation sites excluding steroid dienone is 1. The Morgan fingerprint density at radius 2 is 2.00 bits per heavy atom.